The van der Waals surface area contributed by atoms with Gasteiger partial charge in [0.15, 0.2) is 0 Å². The van der Waals surface area contributed by atoms with E-state index in [2.05, 4.69) is 15.2 Å². The highest BCUT2D eigenvalue weighted by Gasteiger charge is 2.06. The lowest BCUT2D eigenvalue weighted by atomic mass is 10.1. The fraction of sp³-hybridized carbons (Fsp3) is 0.100. The quantitative estimate of drug-likeness (QED) is 0.735. The van der Waals surface area contributed by atoms with Crippen LogP contribution in [0.3, 0.4) is 0 Å². The molecule has 0 aliphatic heterocycles. The van der Waals surface area contributed by atoms with Crippen LogP contribution in [0.4, 0.5) is 0 Å². The number of rotatable bonds is 3. The van der Waals surface area contributed by atoms with E-state index in [1.54, 1.807) is 18.6 Å². The van der Waals surface area contributed by atoms with Crippen LogP contribution in [0.5, 0.6) is 0 Å². The van der Waals surface area contributed by atoms with Gasteiger partial charge in [0, 0.05) is 29.9 Å². The minimum Gasteiger partial charge on any atom is -0.303 e. The molecule has 2 heterocycles. The van der Waals surface area contributed by atoms with Crippen molar-refractivity contribution in [3.05, 3.63) is 36.3 Å². The number of nitrogens with one attached hydrogen (secondary N) is 1. The zero-order valence-corrected chi connectivity index (χ0v) is 7.47. The van der Waals surface area contributed by atoms with Crippen molar-refractivity contribution in [3.8, 4) is 11.3 Å². The Morgan fingerprint density at radius 2 is 2.36 bits per heavy atom. The maximum atomic E-state index is 10.4. The van der Waals surface area contributed by atoms with Crippen LogP contribution < -0.4 is 0 Å². The Hall–Kier alpha value is -1.97. The van der Waals surface area contributed by atoms with E-state index in [1.165, 1.54) is 0 Å². The summed E-state index contributed by atoms with van der Waals surface area (Å²) < 4.78 is 0. The Kier molecular flexibility index (Phi) is 2.36. The highest BCUT2D eigenvalue weighted by molar-refractivity contribution is 5.66. The molecular weight excluding hydrogens is 178 g/mol. The Morgan fingerprint density at radius 3 is 3.07 bits per heavy atom. The predicted molar refractivity (Wildman–Crippen MR) is 51.6 cm³/mol. The second kappa shape index (κ2) is 3.83. The van der Waals surface area contributed by atoms with Gasteiger partial charge in [-0.3, -0.25) is 10.1 Å². The summed E-state index contributed by atoms with van der Waals surface area (Å²) in [6, 6.07) is 3.77. The normalized spacial score (nSPS) is 10.0. The monoisotopic (exact) mass is 187 g/mol. The summed E-state index contributed by atoms with van der Waals surface area (Å²) in [5.74, 6) is 0. The number of pyridine rings is 1. The molecule has 2 rings (SSSR count). The van der Waals surface area contributed by atoms with Crippen molar-refractivity contribution in [3.63, 3.8) is 0 Å². The summed E-state index contributed by atoms with van der Waals surface area (Å²) in [5, 5.41) is 6.76. The first-order valence-electron chi connectivity index (χ1n) is 4.28. The lowest BCUT2D eigenvalue weighted by molar-refractivity contribution is -0.107. The number of aromatic nitrogens is 3. The van der Waals surface area contributed by atoms with Crippen LogP contribution in [0.2, 0.25) is 0 Å². The second-order valence-corrected chi connectivity index (χ2v) is 2.88. The molecule has 70 valence electrons. The molecule has 0 fully saturated rings. The maximum Gasteiger partial charge on any atom is 0.124 e. The molecule has 1 N–H and O–H groups in total. The molecule has 0 amide bonds. The third kappa shape index (κ3) is 1.54. The minimum atomic E-state index is 0.376. The summed E-state index contributed by atoms with van der Waals surface area (Å²) in [6.07, 6.45) is 6.35. The van der Waals surface area contributed by atoms with Gasteiger partial charge >= 0.3 is 0 Å². The van der Waals surface area contributed by atoms with Gasteiger partial charge in [0.05, 0.1) is 11.9 Å². The van der Waals surface area contributed by atoms with Crippen molar-refractivity contribution >= 4 is 6.29 Å². The van der Waals surface area contributed by atoms with E-state index >= 15 is 0 Å². The van der Waals surface area contributed by atoms with Crippen LogP contribution in [0.1, 0.15) is 5.56 Å². The number of nitrogens with zero attached hydrogens (tertiary/aromatic N) is 2. The molecule has 4 nitrogen and oxygen atoms in total. The van der Waals surface area contributed by atoms with Crippen molar-refractivity contribution in [2.24, 2.45) is 0 Å². The third-order valence-electron chi connectivity index (χ3n) is 1.97. The number of hydrogen-bond acceptors (Lipinski definition) is 3. The van der Waals surface area contributed by atoms with Gasteiger partial charge in [-0.25, -0.2) is 0 Å². The summed E-state index contributed by atoms with van der Waals surface area (Å²) in [4.78, 5) is 14.4. The standard InChI is InChI=1S/C10H9N3O/c14-5-3-9-7-12-13-10(9)8-2-1-4-11-6-8/h1-2,4-7H,3H2,(H,12,13). The number of carbonyl (C=O) groups excluding carboxylic acids is 1. The minimum absolute atomic E-state index is 0.376. The van der Waals surface area contributed by atoms with E-state index in [-0.39, 0.29) is 0 Å². The van der Waals surface area contributed by atoms with Gasteiger partial charge in [0.2, 0.25) is 0 Å². The van der Waals surface area contributed by atoms with E-state index in [1.807, 2.05) is 12.1 Å². The van der Waals surface area contributed by atoms with Crippen molar-refractivity contribution in [1.82, 2.24) is 15.2 Å². The Labute approximate surface area is 81.0 Å². The first-order chi connectivity index (χ1) is 6.92. The molecule has 0 spiro atoms. The number of aromatic amines is 1. The lowest BCUT2D eigenvalue weighted by Crippen LogP contribution is -1.88. The molecule has 2 aromatic heterocycles. The predicted octanol–water partition coefficient (Wildman–Crippen LogP) is 1.21. The van der Waals surface area contributed by atoms with Crippen LogP contribution in [0.15, 0.2) is 30.7 Å². The van der Waals surface area contributed by atoms with Crippen LogP contribution in [-0.2, 0) is 11.2 Å². The molecule has 0 aliphatic carbocycles. The lowest BCUT2D eigenvalue weighted by Gasteiger charge is -1.98. The molecule has 0 aliphatic rings. The number of aldehydes is 1. The van der Waals surface area contributed by atoms with E-state index in [9.17, 15) is 4.79 Å². The molecule has 0 radical (unpaired) electrons. The van der Waals surface area contributed by atoms with E-state index in [0.29, 0.717) is 6.42 Å². The summed E-state index contributed by atoms with van der Waals surface area (Å²) in [6.45, 7) is 0. The third-order valence-corrected chi connectivity index (χ3v) is 1.97. The van der Waals surface area contributed by atoms with Gasteiger partial charge in [-0.05, 0) is 12.1 Å². The maximum absolute atomic E-state index is 10.4. The summed E-state index contributed by atoms with van der Waals surface area (Å²) in [5.41, 5.74) is 2.71. The molecule has 4 heteroatoms. The first-order valence-corrected chi connectivity index (χ1v) is 4.28. The number of hydrogen-bond donors (Lipinski definition) is 1. The fourth-order valence-corrected chi connectivity index (χ4v) is 1.32. The van der Waals surface area contributed by atoms with Crippen LogP contribution in [-0.4, -0.2) is 21.5 Å². The largest absolute Gasteiger partial charge is 0.303 e. The van der Waals surface area contributed by atoms with Crippen molar-refractivity contribution in [1.29, 1.82) is 0 Å². The Morgan fingerprint density at radius 1 is 1.43 bits per heavy atom. The topological polar surface area (TPSA) is 58.6 Å². The average Bonchev–Trinajstić information content (AvgIpc) is 2.68. The van der Waals surface area contributed by atoms with Gasteiger partial charge < -0.3 is 4.79 Å². The molecule has 0 bridgehead atoms. The summed E-state index contributed by atoms with van der Waals surface area (Å²) in [7, 11) is 0. The molecule has 14 heavy (non-hydrogen) atoms. The Balaban J connectivity index is 2.41. The highest BCUT2D eigenvalue weighted by Crippen LogP contribution is 2.19. The van der Waals surface area contributed by atoms with Gasteiger partial charge in [-0.2, -0.15) is 5.10 Å². The van der Waals surface area contributed by atoms with Crippen molar-refractivity contribution < 1.29 is 4.79 Å². The fourth-order valence-electron chi connectivity index (χ4n) is 1.32. The molecule has 0 unspecified atom stereocenters. The van der Waals surface area contributed by atoms with Gasteiger partial charge in [-0.15, -0.1) is 0 Å². The Bertz CT molecular complexity index is 422. The SMILES string of the molecule is O=CCc1cn[nH]c1-c1cccnc1. The van der Waals surface area contributed by atoms with E-state index in [0.717, 1.165) is 23.1 Å². The number of carbonyl (C=O) groups is 1. The highest BCUT2D eigenvalue weighted by atomic mass is 16.1. The van der Waals surface area contributed by atoms with E-state index < -0.39 is 0 Å². The van der Waals surface area contributed by atoms with Gasteiger partial charge in [0.1, 0.15) is 6.29 Å². The van der Waals surface area contributed by atoms with Gasteiger partial charge in [0.25, 0.3) is 0 Å². The summed E-state index contributed by atoms with van der Waals surface area (Å²) >= 11 is 0. The zero-order chi connectivity index (χ0) is 9.80. The molecular formula is C10H9N3O. The first kappa shape index (κ1) is 8.62. The van der Waals surface area contributed by atoms with Crippen LogP contribution >= 0.6 is 0 Å². The van der Waals surface area contributed by atoms with Crippen LogP contribution in [0.25, 0.3) is 11.3 Å². The van der Waals surface area contributed by atoms with Crippen molar-refractivity contribution in [2.75, 3.05) is 0 Å². The average molecular weight is 187 g/mol. The van der Waals surface area contributed by atoms with Crippen molar-refractivity contribution in [2.45, 2.75) is 6.42 Å². The molecule has 0 saturated heterocycles. The van der Waals surface area contributed by atoms with Crippen LogP contribution in [0, 0.1) is 0 Å². The molecule has 0 aromatic carbocycles. The molecule has 0 saturated carbocycles. The number of H-pyrrole nitrogens is 1. The molecule has 2 aromatic rings. The van der Waals surface area contributed by atoms with Gasteiger partial charge in [-0.1, -0.05) is 0 Å². The second-order valence-electron chi connectivity index (χ2n) is 2.88. The zero-order valence-electron chi connectivity index (χ0n) is 7.47. The molecule has 0 atom stereocenters. The van der Waals surface area contributed by atoms with E-state index in [4.69, 9.17) is 0 Å². The smallest absolute Gasteiger partial charge is 0.124 e.